The first kappa shape index (κ1) is 16.2. The van der Waals surface area contributed by atoms with Gasteiger partial charge in [0.15, 0.2) is 5.96 Å². The van der Waals surface area contributed by atoms with Crippen molar-refractivity contribution in [2.24, 2.45) is 12.0 Å². The molecule has 0 atom stereocenters. The van der Waals surface area contributed by atoms with Gasteiger partial charge in [-0.05, 0) is 12.1 Å². The van der Waals surface area contributed by atoms with Gasteiger partial charge in [0.25, 0.3) is 0 Å². The molecule has 2 heterocycles. The van der Waals surface area contributed by atoms with Gasteiger partial charge < -0.3 is 20.2 Å². The number of nitrogens with one attached hydrogen (secondary N) is 1. The van der Waals surface area contributed by atoms with E-state index in [1.165, 1.54) is 0 Å². The average Bonchev–Trinajstić information content (AvgIpc) is 3.02. The van der Waals surface area contributed by atoms with E-state index in [9.17, 15) is 5.11 Å². The van der Waals surface area contributed by atoms with Gasteiger partial charge >= 0.3 is 0 Å². The number of hydrogen-bond acceptors (Lipinski definition) is 4. The maximum Gasteiger partial charge on any atom is 0.194 e. The van der Waals surface area contributed by atoms with Crippen molar-refractivity contribution in [3.8, 4) is 5.75 Å². The summed E-state index contributed by atoms with van der Waals surface area (Å²) in [5.74, 6) is 1.24. The summed E-state index contributed by atoms with van der Waals surface area (Å²) in [6.45, 7) is 4.14. The fourth-order valence-corrected chi connectivity index (χ4v) is 2.97. The highest BCUT2D eigenvalue weighted by atomic mass is 16.3. The molecule has 0 unspecified atom stereocenters. The number of guanidine groups is 1. The zero-order valence-corrected chi connectivity index (χ0v) is 14.2. The third-order valence-electron chi connectivity index (χ3n) is 4.22. The van der Waals surface area contributed by atoms with E-state index in [0.29, 0.717) is 12.3 Å². The van der Waals surface area contributed by atoms with Crippen LogP contribution in [0, 0.1) is 0 Å². The van der Waals surface area contributed by atoms with E-state index in [2.05, 4.69) is 25.2 Å². The van der Waals surface area contributed by atoms with Crippen LogP contribution in [0.25, 0.3) is 0 Å². The number of anilines is 1. The Morgan fingerprint density at radius 2 is 2.00 bits per heavy atom. The molecule has 1 aromatic heterocycles. The molecule has 1 aromatic carbocycles. The van der Waals surface area contributed by atoms with Gasteiger partial charge in [0.2, 0.25) is 0 Å². The molecule has 24 heavy (non-hydrogen) atoms. The van der Waals surface area contributed by atoms with Crippen LogP contribution in [-0.2, 0) is 13.6 Å². The first-order valence-electron chi connectivity index (χ1n) is 8.13. The molecular weight excluding hydrogens is 304 g/mol. The fraction of sp³-hybridized carbons (Fsp3) is 0.412. The summed E-state index contributed by atoms with van der Waals surface area (Å²) in [5.41, 5.74) is 2.03. The molecule has 2 aromatic rings. The zero-order chi connectivity index (χ0) is 16.9. The van der Waals surface area contributed by atoms with Crippen LogP contribution in [0.4, 0.5) is 5.69 Å². The maximum atomic E-state index is 10.00. The highest BCUT2D eigenvalue weighted by molar-refractivity contribution is 5.80. The van der Waals surface area contributed by atoms with Gasteiger partial charge in [-0.1, -0.05) is 12.1 Å². The average molecular weight is 328 g/mol. The Morgan fingerprint density at radius 3 is 2.62 bits per heavy atom. The number of benzene rings is 1. The molecule has 1 saturated heterocycles. The van der Waals surface area contributed by atoms with Crippen LogP contribution in [0.5, 0.6) is 5.75 Å². The first-order valence-corrected chi connectivity index (χ1v) is 8.13. The Balaban J connectivity index is 1.55. The molecule has 0 aliphatic carbocycles. The van der Waals surface area contributed by atoms with E-state index in [4.69, 9.17) is 0 Å². The van der Waals surface area contributed by atoms with Gasteiger partial charge in [0.1, 0.15) is 5.75 Å². The van der Waals surface area contributed by atoms with Crippen molar-refractivity contribution in [2.75, 3.05) is 38.1 Å². The second-order valence-electron chi connectivity index (χ2n) is 5.89. The van der Waals surface area contributed by atoms with Gasteiger partial charge in [0, 0.05) is 58.6 Å². The molecule has 0 bridgehead atoms. The summed E-state index contributed by atoms with van der Waals surface area (Å²) in [6.07, 6.45) is 3.85. The number of phenolic OH excluding ortho intramolecular Hbond substituents is 1. The SMILES string of the molecule is CN=C(NCc1cnn(C)c1)N1CCN(c2ccccc2O)CC1. The van der Waals surface area contributed by atoms with E-state index < -0.39 is 0 Å². The summed E-state index contributed by atoms with van der Waals surface area (Å²) in [7, 11) is 3.72. The van der Waals surface area contributed by atoms with Crippen LogP contribution in [0.15, 0.2) is 41.7 Å². The Labute approximate surface area is 142 Å². The molecular formula is C17H24N6O. The largest absolute Gasteiger partial charge is 0.506 e. The van der Waals surface area contributed by atoms with Gasteiger partial charge in [0.05, 0.1) is 11.9 Å². The first-order chi connectivity index (χ1) is 11.7. The standard InChI is InChI=1S/C17H24N6O/c1-18-17(19-11-14-12-20-21(2)13-14)23-9-7-22(8-10-23)15-5-3-4-6-16(15)24/h3-6,12-13,24H,7-11H2,1-2H3,(H,18,19). The van der Waals surface area contributed by atoms with E-state index in [1.807, 2.05) is 37.6 Å². The Bertz CT molecular complexity index is 703. The normalized spacial score (nSPS) is 15.7. The minimum absolute atomic E-state index is 0.338. The highest BCUT2D eigenvalue weighted by Gasteiger charge is 2.21. The van der Waals surface area contributed by atoms with Crippen molar-refractivity contribution < 1.29 is 5.11 Å². The van der Waals surface area contributed by atoms with Crippen LogP contribution in [0.1, 0.15) is 5.56 Å². The van der Waals surface area contributed by atoms with Crippen LogP contribution >= 0.6 is 0 Å². The fourth-order valence-electron chi connectivity index (χ4n) is 2.97. The van der Waals surface area contributed by atoms with Gasteiger partial charge in [-0.15, -0.1) is 0 Å². The number of aromatic hydroxyl groups is 1. The van der Waals surface area contributed by atoms with Crippen LogP contribution in [0.2, 0.25) is 0 Å². The predicted molar refractivity (Wildman–Crippen MR) is 95.3 cm³/mol. The minimum Gasteiger partial charge on any atom is -0.506 e. The Morgan fingerprint density at radius 1 is 1.25 bits per heavy atom. The molecule has 0 spiro atoms. The van der Waals surface area contributed by atoms with E-state index in [0.717, 1.165) is 43.4 Å². The molecule has 0 amide bonds. The number of para-hydroxylation sites is 2. The monoisotopic (exact) mass is 328 g/mol. The number of nitrogens with zero attached hydrogens (tertiary/aromatic N) is 5. The molecule has 1 aliphatic rings. The van der Waals surface area contributed by atoms with E-state index in [1.54, 1.807) is 17.8 Å². The number of aromatic nitrogens is 2. The Hall–Kier alpha value is -2.70. The topological polar surface area (TPSA) is 68.9 Å². The van der Waals surface area contributed by atoms with Crippen LogP contribution in [0.3, 0.4) is 0 Å². The molecule has 7 heteroatoms. The molecule has 1 fully saturated rings. The second kappa shape index (κ2) is 7.25. The lowest BCUT2D eigenvalue weighted by atomic mass is 10.2. The van der Waals surface area contributed by atoms with Gasteiger partial charge in [-0.2, -0.15) is 5.10 Å². The van der Waals surface area contributed by atoms with Crippen molar-refractivity contribution in [1.82, 2.24) is 20.0 Å². The molecule has 1 aliphatic heterocycles. The van der Waals surface area contributed by atoms with Crippen molar-refractivity contribution in [3.05, 3.63) is 42.2 Å². The third kappa shape index (κ3) is 3.61. The van der Waals surface area contributed by atoms with Crippen LogP contribution in [-0.4, -0.2) is 59.0 Å². The van der Waals surface area contributed by atoms with Gasteiger partial charge in [-0.3, -0.25) is 9.67 Å². The predicted octanol–water partition coefficient (Wildman–Crippen LogP) is 1.02. The quantitative estimate of drug-likeness (QED) is 0.650. The summed E-state index contributed by atoms with van der Waals surface area (Å²) >= 11 is 0. The van der Waals surface area contributed by atoms with E-state index >= 15 is 0 Å². The minimum atomic E-state index is 0.338. The number of rotatable bonds is 3. The maximum absolute atomic E-state index is 10.00. The van der Waals surface area contributed by atoms with Crippen LogP contribution < -0.4 is 10.2 Å². The highest BCUT2D eigenvalue weighted by Crippen LogP contribution is 2.27. The lowest BCUT2D eigenvalue weighted by Gasteiger charge is -2.37. The lowest BCUT2D eigenvalue weighted by molar-refractivity contribution is 0.369. The number of phenols is 1. The zero-order valence-electron chi connectivity index (χ0n) is 14.2. The summed E-state index contributed by atoms with van der Waals surface area (Å²) in [6, 6.07) is 7.49. The number of piperazine rings is 1. The van der Waals surface area contributed by atoms with Crippen molar-refractivity contribution in [1.29, 1.82) is 0 Å². The lowest BCUT2D eigenvalue weighted by Crippen LogP contribution is -2.52. The molecule has 7 nitrogen and oxygen atoms in total. The number of aryl methyl sites for hydroxylation is 1. The second-order valence-corrected chi connectivity index (χ2v) is 5.89. The van der Waals surface area contributed by atoms with Crippen molar-refractivity contribution in [2.45, 2.75) is 6.54 Å². The molecule has 128 valence electrons. The molecule has 0 saturated carbocycles. The summed E-state index contributed by atoms with van der Waals surface area (Å²) in [4.78, 5) is 8.84. The number of aliphatic imine (C=N–C) groups is 1. The summed E-state index contributed by atoms with van der Waals surface area (Å²) < 4.78 is 1.80. The van der Waals surface area contributed by atoms with E-state index in [-0.39, 0.29) is 0 Å². The van der Waals surface area contributed by atoms with Crippen molar-refractivity contribution in [3.63, 3.8) is 0 Å². The smallest absolute Gasteiger partial charge is 0.194 e. The molecule has 0 radical (unpaired) electrons. The summed E-state index contributed by atoms with van der Waals surface area (Å²) in [5, 5.41) is 17.6. The Kier molecular flexibility index (Phi) is 4.88. The van der Waals surface area contributed by atoms with Crippen molar-refractivity contribution >= 4 is 11.6 Å². The number of hydrogen-bond donors (Lipinski definition) is 2. The third-order valence-corrected chi connectivity index (χ3v) is 4.22. The van der Waals surface area contributed by atoms with Gasteiger partial charge in [-0.25, -0.2) is 0 Å². The molecule has 2 N–H and O–H groups in total. The molecule has 3 rings (SSSR count).